The van der Waals surface area contributed by atoms with Crippen LogP contribution in [0.4, 0.5) is 22.0 Å². The number of halogens is 5. The third kappa shape index (κ3) is 5.61. The molecule has 0 amide bonds. The zero-order valence-electron chi connectivity index (χ0n) is 14.2. The molecule has 1 aromatic rings. The van der Waals surface area contributed by atoms with Gasteiger partial charge in [0.05, 0.1) is 31.6 Å². The fourth-order valence-electron chi connectivity index (χ4n) is 3.04. The first-order valence-electron chi connectivity index (χ1n) is 7.97. The number of hydrogen-bond donors (Lipinski definition) is 0. The lowest BCUT2D eigenvalue weighted by molar-refractivity contribution is -0.143. The number of rotatable bonds is 7. The van der Waals surface area contributed by atoms with Gasteiger partial charge in [-0.3, -0.25) is 9.58 Å². The number of aromatic nitrogens is 2. The van der Waals surface area contributed by atoms with Gasteiger partial charge in [-0.15, -0.1) is 0 Å². The van der Waals surface area contributed by atoms with Crippen LogP contribution in [0.25, 0.3) is 0 Å². The van der Waals surface area contributed by atoms with Crippen molar-refractivity contribution < 1.29 is 31.4 Å². The maximum absolute atomic E-state index is 12.7. The Hall–Kier alpha value is -1.26. The molecule has 0 aliphatic carbocycles. The summed E-state index contributed by atoms with van der Waals surface area (Å²) in [7, 11) is 0. The summed E-state index contributed by atoms with van der Waals surface area (Å²) in [6.07, 6.45) is -6.88. The lowest BCUT2D eigenvalue weighted by Crippen LogP contribution is -2.41. The summed E-state index contributed by atoms with van der Waals surface area (Å²) >= 11 is 0. The molecule has 25 heavy (non-hydrogen) atoms. The van der Waals surface area contributed by atoms with Gasteiger partial charge in [0.1, 0.15) is 13.2 Å². The minimum Gasteiger partial charge on any atom is -0.378 e. The molecule has 2 heterocycles. The summed E-state index contributed by atoms with van der Waals surface area (Å²) in [5, 5.41) is 4.01. The second-order valence-corrected chi connectivity index (χ2v) is 5.95. The van der Waals surface area contributed by atoms with Gasteiger partial charge in [-0.25, -0.2) is 8.78 Å². The highest BCUT2D eigenvalue weighted by molar-refractivity contribution is 5.29. The van der Waals surface area contributed by atoms with Crippen molar-refractivity contribution in [2.24, 2.45) is 0 Å². The summed E-state index contributed by atoms with van der Waals surface area (Å²) in [6.45, 7) is 3.33. The Morgan fingerprint density at radius 2 is 2.04 bits per heavy atom. The predicted octanol–water partition coefficient (Wildman–Crippen LogP) is 2.72. The highest BCUT2D eigenvalue weighted by atomic mass is 19.4. The smallest absolute Gasteiger partial charge is 0.378 e. The monoisotopic (exact) mass is 371 g/mol. The average Bonchev–Trinajstić information content (AvgIpc) is 2.76. The van der Waals surface area contributed by atoms with E-state index < -0.39 is 25.8 Å². The third-order valence-electron chi connectivity index (χ3n) is 4.11. The minimum atomic E-state index is -4.35. The van der Waals surface area contributed by atoms with Crippen molar-refractivity contribution in [1.82, 2.24) is 14.7 Å². The first-order valence-corrected chi connectivity index (χ1v) is 7.97. The van der Waals surface area contributed by atoms with Crippen molar-refractivity contribution >= 4 is 0 Å². The Bertz CT molecular complexity index is 562. The van der Waals surface area contributed by atoms with E-state index in [4.69, 9.17) is 9.47 Å². The van der Waals surface area contributed by atoms with Gasteiger partial charge in [0, 0.05) is 24.3 Å². The maximum atomic E-state index is 12.7. The molecule has 1 fully saturated rings. The van der Waals surface area contributed by atoms with Crippen LogP contribution in [0.2, 0.25) is 0 Å². The van der Waals surface area contributed by atoms with Gasteiger partial charge >= 0.3 is 6.18 Å². The highest BCUT2D eigenvalue weighted by Gasteiger charge is 2.33. The van der Waals surface area contributed by atoms with Crippen LogP contribution in [0.1, 0.15) is 23.0 Å². The Morgan fingerprint density at radius 1 is 1.32 bits per heavy atom. The van der Waals surface area contributed by atoms with E-state index in [1.54, 1.807) is 13.8 Å². The first-order chi connectivity index (χ1) is 11.7. The fraction of sp³-hybridized carbons (Fsp3) is 0.800. The molecule has 0 saturated carbocycles. The lowest BCUT2D eigenvalue weighted by Gasteiger charge is -2.35. The van der Waals surface area contributed by atoms with Crippen LogP contribution in [0.5, 0.6) is 0 Å². The molecule has 1 atom stereocenters. The largest absolute Gasteiger partial charge is 0.408 e. The zero-order valence-corrected chi connectivity index (χ0v) is 14.2. The second kappa shape index (κ2) is 8.41. The predicted molar refractivity (Wildman–Crippen MR) is 79.7 cm³/mol. The van der Waals surface area contributed by atoms with Gasteiger partial charge in [0.2, 0.25) is 0 Å². The number of ether oxygens (including phenoxy) is 2. The van der Waals surface area contributed by atoms with Crippen LogP contribution in [-0.4, -0.2) is 66.8 Å². The van der Waals surface area contributed by atoms with Crippen LogP contribution in [0, 0.1) is 13.8 Å². The molecule has 1 aliphatic rings. The van der Waals surface area contributed by atoms with Crippen molar-refractivity contribution in [1.29, 1.82) is 0 Å². The van der Waals surface area contributed by atoms with E-state index in [1.807, 2.05) is 4.90 Å². The third-order valence-corrected chi connectivity index (χ3v) is 4.11. The molecule has 10 heteroatoms. The molecule has 0 N–H and O–H groups in total. The van der Waals surface area contributed by atoms with Crippen molar-refractivity contribution in [2.45, 2.75) is 39.0 Å². The van der Waals surface area contributed by atoms with E-state index in [-0.39, 0.29) is 12.6 Å². The van der Waals surface area contributed by atoms with Gasteiger partial charge in [-0.05, 0) is 13.8 Å². The molecule has 0 spiro atoms. The Labute approximate surface area is 142 Å². The normalized spacial score (nSPS) is 19.8. The molecule has 1 unspecified atom stereocenters. The van der Waals surface area contributed by atoms with E-state index in [0.717, 1.165) is 4.68 Å². The van der Waals surface area contributed by atoms with Gasteiger partial charge in [0.25, 0.3) is 6.43 Å². The molecule has 1 aromatic heterocycles. The van der Waals surface area contributed by atoms with Crippen LogP contribution >= 0.6 is 0 Å². The fourth-order valence-corrected chi connectivity index (χ4v) is 3.04. The molecule has 0 radical (unpaired) electrons. The van der Waals surface area contributed by atoms with E-state index in [1.165, 1.54) is 0 Å². The van der Waals surface area contributed by atoms with Crippen LogP contribution in [0.3, 0.4) is 0 Å². The van der Waals surface area contributed by atoms with Gasteiger partial charge < -0.3 is 9.47 Å². The molecular formula is C15H22F5N3O2. The standard InChI is InChI=1S/C15H22F5N3O2/c1-10-14(11(2)23(21-10)9-15(18,19)20)12-7-24-5-3-22(12)4-6-25-8-13(16)17/h12-13H,3-9H2,1-2H3. The SMILES string of the molecule is Cc1nn(CC(F)(F)F)c(C)c1C1COCCN1CCOCC(F)F. The van der Waals surface area contributed by atoms with Gasteiger partial charge in [-0.2, -0.15) is 18.3 Å². The van der Waals surface area contributed by atoms with Crippen molar-refractivity contribution in [3.8, 4) is 0 Å². The molecule has 2 rings (SSSR count). The van der Waals surface area contributed by atoms with Crippen molar-refractivity contribution in [3.05, 3.63) is 17.0 Å². The Morgan fingerprint density at radius 3 is 2.68 bits per heavy atom. The number of nitrogens with zero attached hydrogens (tertiary/aromatic N) is 3. The summed E-state index contributed by atoms with van der Waals surface area (Å²) < 4.78 is 73.6. The van der Waals surface area contributed by atoms with Crippen LogP contribution in [0.15, 0.2) is 0 Å². The van der Waals surface area contributed by atoms with E-state index >= 15 is 0 Å². The lowest BCUT2D eigenvalue weighted by atomic mass is 10.0. The molecular weight excluding hydrogens is 349 g/mol. The molecule has 0 bridgehead atoms. The van der Waals surface area contributed by atoms with Crippen molar-refractivity contribution in [3.63, 3.8) is 0 Å². The number of alkyl halides is 5. The van der Waals surface area contributed by atoms with Crippen LogP contribution in [-0.2, 0) is 16.0 Å². The average molecular weight is 371 g/mol. The summed E-state index contributed by atoms with van der Waals surface area (Å²) in [5.41, 5.74) is 1.64. The quantitative estimate of drug-likeness (QED) is 0.546. The van der Waals surface area contributed by atoms with E-state index in [2.05, 4.69) is 5.10 Å². The summed E-state index contributed by atoms with van der Waals surface area (Å²) in [6, 6.07) is -0.272. The Kier molecular flexibility index (Phi) is 6.75. The number of hydrogen-bond acceptors (Lipinski definition) is 4. The van der Waals surface area contributed by atoms with Crippen molar-refractivity contribution in [2.75, 3.05) is 39.5 Å². The number of aryl methyl sites for hydroxylation is 1. The topological polar surface area (TPSA) is 39.5 Å². The maximum Gasteiger partial charge on any atom is 0.408 e. The molecule has 0 aromatic carbocycles. The summed E-state index contributed by atoms with van der Waals surface area (Å²) in [4.78, 5) is 1.98. The molecule has 144 valence electrons. The Balaban J connectivity index is 2.11. The van der Waals surface area contributed by atoms with E-state index in [0.29, 0.717) is 43.3 Å². The zero-order chi connectivity index (χ0) is 18.6. The summed E-state index contributed by atoms with van der Waals surface area (Å²) in [5.74, 6) is 0. The first kappa shape index (κ1) is 20.1. The van der Waals surface area contributed by atoms with Crippen LogP contribution < -0.4 is 0 Å². The van der Waals surface area contributed by atoms with Gasteiger partial charge in [-0.1, -0.05) is 0 Å². The highest BCUT2D eigenvalue weighted by Crippen LogP contribution is 2.30. The minimum absolute atomic E-state index is 0.121. The molecule has 1 saturated heterocycles. The second-order valence-electron chi connectivity index (χ2n) is 5.95. The van der Waals surface area contributed by atoms with Gasteiger partial charge in [0.15, 0.2) is 0 Å². The molecule has 5 nitrogen and oxygen atoms in total. The molecule has 1 aliphatic heterocycles. The number of morpholine rings is 1. The van der Waals surface area contributed by atoms with E-state index in [9.17, 15) is 22.0 Å².